The summed E-state index contributed by atoms with van der Waals surface area (Å²) in [7, 11) is 3.19. The van der Waals surface area contributed by atoms with Crippen LogP contribution in [0, 0.1) is 12.3 Å². The van der Waals surface area contributed by atoms with E-state index in [1.807, 2.05) is 6.07 Å². The van der Waals surface area contributed by atoms with Crippen molar-refractivity contribution in [2.45, 2.75) is 76.3 Å². The van der Waals surface area contributed by atoms with Crippen LogP contribution in [0.2, 0.25) is 0 Å². The number of piperazine rings is 1. The summed E-state index contributed by atoms with van der Waals surface area (Å²) >= 11 is 0. The van der Waals surface area contributed by atoms with E-state index in [9.17, 15) is 37.1 Å². The lowest BCUT2D eigenvalue weighted by atomic mass is 9.95. The lowest BCUT2D eigenvalue weighted by Crippen LogP contribution is -2.64. The lowest BCUT2D eigenvalue weighted by molar-refractivity contribution is -0.138. The number of benzene rings is 3. The fraction of sp³-hybridized carbons (Fsp3) is 0.468. The van der Waals surface area contributed by atoms with Gasteiger partial charge in [0, 0.05) is 87.0 Å². The van der Waals surface area contributed by atoms with Crippen LogP contribution in [0.5, 0.6) is 11.5 Å². The molecule has 3 atom stereocenters. The van der Waals surface area contributed by atoms with Gasteiger partial charge < -0.3 is 30.7 Å². The Morgan fingerprint density at radius 1 is 0.970 bits per heavy atom. The van der Waals surface area contributed by atoms with E-state index < -0.39 is 47.5 Å². The molecule has 1 aliphatic carbocycles. The van der Waals surface area contributed by atoms with Crippen molar-refractivity contribution in [3.8, 4) is 11.5 Å². The summed E-state index contributed by atoms with van der Waals surface area (Å²) < 4.78 is 53.2. The van der Waals surface area contributed by atoms with Crippen molar-refractivity contribution in [3.63, 3.8) is 0 Å². The Hall–Kier alpha value is -6.54. The molecule has 5 amide bonds. The zero-order valence-electron chi connectivity index (χ0n) is 37.7. The number of carbonyl (C=O) groups is 5. The smallest absolute Gasteiger partial charge is 0.416 e. The predicted octanol–water partition coefficient (Wildman–Crippen LogP) is 4.29. The van der Waals surface area contributed by atoms with E-state index in [2.05, 4.69) is 40.6 Å². The van der Waals surface area contributed by atoms with E-state index in [1.54, 1.807) is 45.2 Å². The van der Waals surface area contributed by atoms with E-state index in [-0.39, 0.29) is 53.1 Å². The number of aromatic nitrogens is 2. The quantitative estimate of drug-likeness (QED) is 0.103. The average molecular weight is 927 g/mol. The number of nitrogens with zero attached hydrogens (tertiary/aromatic N) is 6. The predicted molar refractivity (Wildman–Crippen MR) is 241 cm³/mol. The van der Waals surface area contributed by atoms with Crippen LogP contribution < -0.4 is 36.1 Å². The second kappa shape index (κ2) is 17.6. The highest BCUT2D eigenvalue weighted by molar-refractivity contribution is 6.23. The van der Waals surface area contributed by atoms with Crippen LogP contribution in [-0.2, 0) is 20.6 Å². The number of likely N-dealkylation sites (N-methyl/N-ethyl adjacent to an activating group) is 1. The molecule has 4 fully saturated rings. The first-order valence-corrected chi connectivity index (χ1v) is 22.5. The molecule has 5 aliphatic rings. The molecule has 3 aromatic carbocycles. The molecule has 67 heavy (non-hydrogen) atoms. The molecule has 17 nitrogen and oxygen atoms in total. The maximum atomic E-state index is 13.6. The van der Waals surface area contributed by atoms with Crippen molar-refractivity contribution in [1.29, 1.82) is 0 Å². The highest BCUT2D eigenvalue weighted by atomic mass is 19.4. The number of methoxy groups -OCH3 is 1. The molecule has 0 radical (unpaired) electrons. The third kappa shape index (κ3) is 9.03. The molecule has 5 heterocycles. The number of anilines is 3. The summed E-state index contributed by atoms with van der Waals surface area (Å²) in [5.74, 6) is -0.429. The molecule has 2 unspecified atom stereocenters. The first-order chi connectivity index (χ1) is 31.9. The van der Waals surface area contributed by atoms with E-state index in [1.165, 1.54) is 13.2 Å². The molecule has 354 valence electrons. The van der Waals surface area contributed by atoms with Crippen molar-refractivity contribution in [1.82, 2.24) is 35.3 Å². The third-order valence-electron chi connectivity index (χ3n) is 13.9. The van der Waals surface area contributed by atoms with E-state index in [4.69, 9.17) is 15.2 Å². The van der Waals surface area contributed by atoms with Crippen molar-refractivity contribution >= 4 is 57.6 Å². The number of hydrogen-bond donors (Lipinski definition) is 4. The van der Waals surface area contributed by atoms with Crippen LogP contribution in [0.4, 0.5) is 30.4 Å². The molecule has 0 bridgehead atoms. The normalized spacial score (nSPS) is 20.9. The van der Waals surface area contributed by atoms with Gasteiger partial charge in [-0.2, -0.15) is 13.2 Å². The van der Waals surface area contributed by atoms with Crippen LogP contribution in [0.15, 0.2) is 48.5 Å². The van der Waals surface area contributed by atoms with Gasteiger partial charge in [0.15, 0.2) is 11.5 Å². The number of alkyl halides is 3. The number of piperidine rings is 1. The van der Waals surface area contributed by atoms with Crippen molar-refractivity contribution in [2.24, 2.45) is 5.41 Å². The first-order valence-electron chi connectivity index (χ1n) is 22.5. The van der Waals surface area contributed by atoms with E-state index in [0.29, 0.717) is 65.7 Å². The molecule has 0 spiro atoms. The SMILES string of the molecule is CNC(=O)C(CC1(COc2cc3c(N[C@H](C)c4cc(N)cc(C(F)(F)F)c4)nc(C)nc3cc2OC)CC1)N1CCN(C2CN(c3ccc4c(c3)C(=O)N(C3CCC(=O)NC3=O)C4=O)C2)CC1. The summed E-state index contributed by atoms with van der Waals surface area (Å²) in [6.07, 6.45) is -2.07. The molecule has 4 aliphatic heterocycles. The lowest BCUT2D eigenvalue weighted by Gasteiger charge is -2.50. The summed E-state index contributed by atoms with van der Waals surface area (Å²) in [4.78, 5) is 81.3. The number of ether oxygens (including phenoxy) is 2. The number of amides is 5. The fourth-order valence-electron chi connectivity index (χ4n) is 9.76. The van der Waals surface area contributed by atoms with E-state index in [0.717, 1.165) is 61.7 Å². The first kappa shape index (κ1) is 45.6. The van der Waals surface area contributed by atoms with Crippen LogP contribution in [-0.4, -0.2) is 132 Å². The maximum absolute atomic E-state index is 13.6. The van der Waals surface area contributed by atoms with Gasteiger partial charge in [-0.3, -0.25) is 44.0 Å². The minimum atomic E-state index is -4.56. The highest BCUT2D eigenvalue weighted by Crippen LogP contribution is 2.51. The van der Waals surface area contributed by atoms with Gasteiger partial charge >= 0.3 is 6.18 Å². The Balaban J connectivity index is 0.819. The summed E-state index contributed by atoms with van der Waals surface area (Å²) in [6, 6.07) is 10.4. The Morgan fingerprint density at radius 2 is 1.70 bits per heavy atom. The van der Waals surface area contributed by atoms with Gasteiger partial charge in [-0.25, -0.2) is 9.97 Å². The monoisotopic (exact) mass is 926 g/mol. The van der Waals surface area contributed by atoms with Gasteiger partial charge in [0.2, 0.25) is 17.7 Å². The number of halogens is 3. The average Bonchev–Trinajstić information content (AvgIpc) is 4.01. The van der Waals surface area contributed by atoms with Crippen molar-refractivity contribution < 1.29 is 46.6 Å². The van der Waals surface area contributed by atoms with Gasteiger partial charge in [-0.05, 0) is 87.6 Å². The standard InChI is InChI=1S/C47H53F3N10O7/c1-25(27-15-28(47(48,49)50)17-29(51)16-27)53-41-34-19-39(38(66-4)20-35(34)54-26(2)55-41)67-24-46(9-10-46)21-37(42(62)52-3)58-13-11-57(12-14-58)31-22-59(23-31)30-5-6-32-33(18-30)45(65)60(44(32)64)36-7-8-40(61)56-43(36)63/h5-6,15-20,25,31,36-37H,7-14,21-24,51H2,1-4H3,(H,52,62)(H,53,54,55)(H,56,61,63)/t25-,36?,37?/m1/s1. The molecule has 4 aromatic rings. The molecule has 1 saturated carbocycles. The number of nitrogens with one attached hydrogen (secondary N) is 3. The van der Waals surface area contributed by atoms with Gasteiger partial charge in [-0.1, -0.05) is 0 Å². The highest BCUT2D eigenvalue weighted by Gasteiger charge is 2.49. The largest absolute Gasteiger partial charge is 0.493 e. The van der Waals surface area contributed by atoms with Crippen LogP contribution in [0.1, 0.15) is 82.7 Å². The Kier molecular flexibility index (Phi) is 12.0. The third-order valence-corrected chi connectivity index (χ3v) is 13.9. The zero-order valence-corrected chi connectivity index (χ0v) is 37.7. The Morgan fingerprint density at radius 3 is 2.37 bits per heavy atom. The topological polar surface area (TPSA) is 205 Å². The van der Waals surface area contributed by atoms with Gasteiger partial charge in [-0.15, -0.1) is 0 Å². The number of carbonyl (C=O) groups excluding carboxylic acids is 5. The fourth-order valence-corrected chi connectivity index (χ4v) is 9.76. The molecular formula is C47H53F3N10O7. The van der Waals surface area contributed by atoms with Gasteiger partial charge in [0.1, 0.15) is 17.7 Å². The van der Waals surface area contributed by atoms with Crippen LogP contribution >= 0.6 is 0 Å². The maximum Gasteiger partial charge on any atom is 0.416 e. The number of hydrogen-bond acceptors (Lipinski definition) is 14. The second-order valence-corrected chi connectivity index (χ2v) is 18.3. The van der Waals surface area contributed by atoms with Crippen molar-refractivity contribution in [3.05, 3.63) is 76.6 Å². The van der Waals surface area contributed by atoms with E-state index >= 15 is 0 Å². The molecule has 5 N–H and O–H groups in total. The number of rotatable bonds is 14. The molecule has 9 rings (SSSR count). The van der Waals surface area contributed by atoms with Gasteiger partial charge in [0.05, 0.1) is 48.0 Å². The van der Waals surface area contributed by atoms with Crippen LogP contribution in [0.3, 0.4) is 0 Å². The molecular weight excluding hydrogens is 874 g/mol. The summed E-state index contributed by atoms with van der Waals surface area (Å²) in [5.41, 5.74) is 6.98. The van der Waals surface area contributed by atoms with Gasteiger partial charge in [0.25, 0.3) is 11.8 Å². The minimum absolute atomic E-state index is 0.00179. The number of nitrogen functional groups attached to an aromatic ring is 1. The number of nitrogens with two attached hydrogens (primary N) is 1. The number of imide groups is 2. The molecule has 3 saturated heterocycles. The zero-order chi connectivity index (χ0) is 47.5. The Labute approximate surface area is 384 Å². The molecule has 20 heteroatoms. The number of aryl methyl sites for hydroxylation is 1. The van der Waals surface area contributed by atoms with Crippen molar-refractivity contribution in [2.75, 3.05) is 76.0 Å². The van der Waals surface area contributed by atoms with Crippen LogP contribution in [0.25, 0.3) is 10.9 Å². The summed E-state index contributed by atoms with van der Waals surface area (Å²) in [5, 5.41) is 8.96. The second-order valence-electron chi connectivity index (χ2n) is 18.3. The minimum Gasteiger partial charge on any atom is -0.493 e. The summed E-state index contributed by atoms with van der Waals surface area (Å²) in [6.45, 7) is 8.14. The molecule has 1 aromatic heterocycles. The Bertz CT molecular complexity index is 2660. The number of fused-ring (bicyclic) bond motifs is 2.